The number of carbonyl (C=O) groups is 1. The molecule has 1 rings (SSSR count). The van der Waals surface area contributed by atoms with Crippen LogP contribution in [-0.4, -0.2) is 13.1 Å². The molecule has 4 heteroatoms. The molecule has 1 atom stereocenters. The maximum atomic E-state index is 11.0. The van der Waals surface area contributed by atoms with Crippen LogP contribution in [0.1, 0.15) is 18.1 Å². The number of methoxy groups -OCH3 is 1. The number of quaternary nitrogens is 1. The molecule has 1 aromatic carbocycles. The van der Waals surface area contributed by atoms with Crippen molar-refractivity contribution in [2.75, 3.05) is 7.11 Å². The number of carboxylic acids is 1. The summed E-state index contributed by atoms with van der Waals surface area (Å²) >= 11 is 0. The standard InChI is InChI=1S/C11H15NO3/c1-7-4-5-9(15-3)8(6-7)11(2,12)10(13)14/h4-6H,12H2,1-3H3,(H,13,14)/t11-/m1/s1. The summed E-state index contributed by atoms with van der Waals surface area (Å²) in [5.74, 6) is -0.700. The highest BCUT2D eigenvalue weighted by atomic mass is 16.5. The van der Waals surface area contributed by atoms with E-state index in [0.717, 1.165) is 5.56 Å². The smallest absolute Gasteiger partial charge is 0.161 e. The largest absolute Gasteiger partial charge is 0.543 e. The van der Waals surface area contributed by atoms with Gasteiger partial charge in [0.1, 0.15) is 11.7 Å². The lowest BCUT2D eigenvalue weighted by atomic mass is 9.91. The molecule has 15 heavy (non-hydrogen) atoms. The van der Waals surface area contributed by atoms with Gasteiger partial charge in [0, 0.05) is 6.92 Å². The number of carbonyl (C=O) groups excluding carboxylic acids is 1. The molecule has 0 fully saturated rings. The van der Waals surface area contributed by atoms with Crippen LogP contribution in [0, 0.1) is 6.92 Å². The minimum Gasteiger partial charge on any atom is -0.543 e. The third kappa shape index (κ3) is 2.10. The van der Waals surface area contributed by atoms with Gasteiger partial charge >= 0.3 is 0 Å². The van der Waals surface area contributed by atoms with Crippen LogP contribution in [0.4, 0.5) is 0 Å². The van der Waals surface area contributed by atoms with E-state index in [9.17, 15) is 9.90 Å². The Morgan fingerprint density at radius 1 is 1.53 bits per heavy atom. The average molecular weight is 209 g/mol. The maximum absolute atomic E-state index is 11.0. The molecule has 82 valence electrons. The number of ether oxygens (including phenoxy) is 1. The van der Waals surface area contributed by atoms with Crippen LogP contribution in [-0.2, 0) is 10.3 Å². The number of aryl methyl sites for hydroxylation is 1. The first-order valence-electron chi connectivity index (χ1n) is 4.61. The normalized spacial score (nSPS) is 14.4. The van der Waals surface area contributed by atoms with Crippen LogP contribution in [0.3, 0.4) is 0 Å². The number of aliphatic carboxylic acids is 1. The first kappa shape index (κ1) is 11.5. The highest BCUT2D eigenvalue weighted by molar-refractivity contribution is 5.77. The molecule has 3 N–H and O–H groups in total. The lowest BCUT2D eigenvalue weighted by molar-refractivity contribution is -0.489. The summed E-state index contributed by atoms with van der Waals surface area (Å²) in [6, 6.07) is 5.34. The molecule has 0 amide bonds. The molecule has 0 heterocycles. The van der Waals surface area contributed by atoms with Gasteiger partial charge in [0.15, 0.2) is 5.54 Å². The van der Waals surface area contributed by atoms with Crippen molar-refractivity contribution in [2.45, 2.75) is 19.4 Å². The van der Waals surface area contributed by atoms with Crippen LogP contribution in [0.5, 0.6) is 5.75 Å². The molecule has 0 saturated heterocycles. The summed E-state index contributed by atoms with van der Waals surface area (Å²) < 4.78 is 5.11. The molecule has 0 aliphatic carbocycles. The van der Waals surface area contributed by atoms with Gasteiger partial charge in [0.2, 0.25) is 0 Å². The average Bonchev–Trinajstić information content (AvgIpc) is 2.17. The van der Waals surface area contributed by atoms with Gasteiger partial charge in [0.05, 0.1) is 12.7 Å². The molecule has 0 aromatic heterocycles. The van der Waals surface area contributed by atoms with Gasteiger partial charge in [0.25, 0.3) is 0 Å². The maximum Gasteiger partial charge on any atom is 0.161 e. The van der Waals surface area contributed by atoms with Crippen molar-refractivity contribution >= 4 is 5.97 Å². The third-order valence-corrected chi connectivity index (χ3v) is 2.40. The quantitative estimate of drug-likeness (QED) is 0.708. The monoisotopic (exact) mass is 209 g/mol. The van der Waals surface area contributed by atoms with Crippen molar-refractivity contribution in [3.8, 4) is 5.75 Å². The van der Waals surface area contributed by atoms with E-state index < -0.39 is 11.5 Å². The highest BCUT2D eigenvalue weighted by Gasteiger charge is 2.30. The first-order valence-corrected chi connectivity index (χ1v) is 4.61. The molecule has 0 unspecified atom stereocenters. The number of carboxylic acid groups (broad SMARTS) is 1. The van der Waals surface area contributed by atoms with Crippen LogP contribution >= 0.6 is 0 Å². The topological polar surface area (TPSA) is 77.0 Å². The van der Waals surface area contributed by atoms with Gasteiger partial charge in [-0.25, -0.2) is 0 Å². The Balaban J connectivity index is 3.34. The molecule has 0 radical (unpaired) electrons. The summed E-state index contributed by atoms with van der Waals surface area (Å²) in [6.45, 7) is 3.38. The van der Waals surface area contributed by atoms with Gasteiger partial charge in [-0.2, -0.15) is 0 Å². The molecular formula is C11H15NO3. The molecule has 0 saturated carbocycles. The van der Waals surface area contributed by atoms with Crippen molar-refractivity contribution in [1.82, 2.24) is 0 Å². The van der Waals surface area contributed by atoms with Gasteiger partial charge < -0.3 is 20.4 Å². The van der Waals surface area contributed by atoms with E-state index in [1.807, 2.05) is 13.0 Å². The fourth-order valence-electron chi connectivity index (χ4n) is 1.36. The number of rotatable bonds is 3. The van der Waals surface area contributed by atoms with E-state index >= 15 is 0 Å². The Kier molecular flexibility index (Phi) is 3.00. The fourth-order valence-corrected chi connectivity index (χ4v) is 1.36. The SMILES string of the molecule is COc1ccc(C)cc1[C@@](C)([NH3+])C(=O)[O-]. The van der Waals surface area contributed by atoms with Gasteiger partial charge in [-0.3, -0.25) is 0 Å². The van der Waals surface area contributed by atoms with Crippen LogP contribution in [0.25, 0.3) is 0 Å². The van der Waals surface area contributed by atoms with E-state index in [4.69, 9.17) is 4.74 Å². The second-order valence-corrected chi connectivity index (χ2v) is 3.82. The Morgan fingerprint density at radius 3 is 2.60 bits per heavy atom. The van der Waals surface area contributed by atoms with E-state index in [-0.39, 0.29) is 0 Å². The Morgan fingerprint density at radius 2 is 2.13 bits per heavy atom. The van der Waals surface area contributed by atoms with Crippen molar-refractivity contribution in [2.24, 2.45) is 0 Å². The third-order valence-electron chi connectivity index (χ3n) is 2.40. The molecular weight excluding hydrogens is 194 g/mol. The van der Waals surface area contributed by atoms with Crippen molar-refractivity contribution in [3.63, 3.8) is 0 Å². The summed E-state index contributed by atoms with van der Waals surface area (Å²) in [5, 5.41) is 11.0. The first-order chi connectivity index (χ1) is 6.89. The summed E-state index contributed by atoms with van der Waals surface area (Å²) in [5.41, 5.74) is 3.85. The van der Waals surface area contributed by atoms with E-state index in [2.05, 4.69) is 5.73 Å². The minimum atomic E-state index is -1.29. The molecule has 0 aliphatic rings. The van der Waals surface area contributed by atoms with Crippen molar-refractivity contribution in [3.05, 3.63) is 29.3 Å². The molecule has 4 nitrogen and oxygen atoms in total. The molecule has 0 spiro atoms. The summed E-state index contributed by atoms with van der Waals surface area (Å²) in [7, 11) is 1.50. The zero-order chi connectivity index (χ0) is 11.6. The Hall–Kier alpha value is -1.55. The lowest BCUT2D eigenvalue weighted by Gasteiger charge is -2.24. The Bertz CT molecular complexity index is 385. The van der Waals surface area contributed by atoms with Crippen LogP contribution < -0.4 is 15.6 Å². The highest BCUT2D eigenvalue weighted by Crippen LogP contribution is 2.27. The number of hydrogen-bond acceptors (Lipinski definition) is 3. The van der Waals surface area contributed by atoms with Gasteiger partial charge in [-0.1, -0.05) is 11.6 Å². The second kappa shape index (κ2) is 3.90. The molecule has 0 aliphatic heterocycles. The predicted molar refractivity (Wildman–Crippen MR) is 53.0 cm³/mol. The summed E-state index contributed by atoms with van der Waals surface area (Å²) in [4.78, 5) is 11.0. The number of hydrogen-bond donors (Lipinski definition) is 1. The van der Waals surface area contributed by atoms with Crippen molar-refractivity contribution < 1.29 is 20.4 Å². The van der Waals surface area contributed by atoms with E-state index in [1.54, 1.807) is 12.1 Å². The fraction of sp³-hybridized carbons (Fsp3) is 0.364. The van der Waals surface area contributed by atoms with E-state index in [1.165, 1.54) is 14.0 Å². The van der Waals surface area contributed by atoms with Gasteiger partial charge in [-0.15, -0.1) is 0 Å². The predicted octanol–water partition coefficient (Wildman–Crippen LogP) is -0.789. The van der Waals surface area contributed by atoms with Gasteiger partial charge in [-0.05, 0) is 19.1 Å². The summed E-state index contributed by atoms with van der Waals surface area (Å²) in [6.07, 6.45) is 0. The van der Waals surface area contributed by atoms with Crippen LogP contribution in [0.2, 0.25) is 0 Å². The Labute approximate surface area is 88.7 Å². The second-order valence-electron chi connectivity index (χ2n) is 3.82. The minimum absolute atomic E-state index is 0.516. The molecule has 1 aromatic rings. The van der Waals surface area contributed by atoms with Crippen LogP contribution in [0.15, 0.2) is 18.2 Å². The van der Waals surface area contributed by atoms with Crippen molar-refractivity contribution in [1.29, 1.82) is 0 Å². The lowest BCUT2D eigenvalue weighted by Crippen LogP contribution is -2.75. The van der Waals surface area contributed by atoms with E-state index in [0.29, 0.717) is 11.3 Å². The zero-order valence-electron chi connectivity index (χ0n) is 9.16. The zero-order valence-corrected chi connectivity index (χ0v) is 9.16. The molecule has 0 bridgehead atoms. The number of benzene rings is 1.